The van der Waals surface area contributed by atoms with Gasteiger partial charge < -0.3 is 4.98 Å². The van der Waals surface area contributed by atoms with Gasteiger partial charge in [-0.05, 0) is 57.6 Å². The minimum absolute atomic E-state index is 0.0732. The number of nitrogens with zero attached hydrogens (tertiary/aromatic N) is 2. The van der Waals surface area contributed by atoms with Gasteiger partial charge in [0.1, 0.15) is 10.7 Å². The predicted octanol–water partition coefficient (Wildman–Crippen LogP) is 3.24. The number of likely N-dealkylation sites (tertiary alicyclic amines) is 1. The molecule has 4 nitrogen and oxygen atoms in total. The van der Waals surface area contributed by atoms with E-state index in [4.69, 9.17) is 4.98 Å². The third-order valence-corrected chi connectivity index (χ3v) is 6.35. The van der Waals surface area contributed by atoms with Gasteiger partial charge in [0.15, 0.2) is 0 Å². The molecule has 0 spiro atoms. The molecule has 5 heteroatoms. The molecule has 1 fully saturated rings. The first-order chi connectivity index (χ1) is 10.7. The van der Waals surface area contributed by atoms with Gasteiger partial charge in [-0.25, -0.2) is 4.98 Å². The van der Waals surface area contributed by atoms with Gasteiger partial charge in [-0.2, -0.15) is 0 Å². The Morgan fingerprint density at radius 1 is 1.27 bits per heavy atom. The van der Waals surface area contributed by atoms with Gasteiger partial charge in [0.25, 0.3) is 5.56 Å². The molecule has 0 aromatic carbocycles. The minimum atomic E-state index is 0.0732. The lowest BCUT2D eigenvalue weighted by molar-refractivity contribution is 0.149. The molecule has 0 amide bonds. The molecule has 0 radical (unpaired) electrons. The number of hydrogen-bond donors (Lipinski definition) is 1. The van der Waals surface area contributed by atoms with Crippen molar-refractivity contribution in [2.24, 2.45) is 0 Å². The van der Waals surface area contributed by atoms with Gasteiger partial charge in [0.2, 0.25) is 0 Å². The smallest absolute Gasteiger partial charge is 0.259 e. The van der Waals surface area contributed by atoms with E-state index in [1.54, 1.807) is 11.3 Å². The maximum Gasteiger partial charge on any atom is 0.259 e. The van der Waals surface area contributed by atoms with E-state index in [2.05, 4.69) is 16.8 Å². The molecule has 0 unspecified atom stereocenters. The number of piperidine rings is 1. The summed E-state index contributed by atoms with van der Waals surface area (Å²) in [6, 6.07) is 0.589. The van der Waals surface area contributed by atoms with E-state index in [-0.39, 0.29) is 5.56 Å². The molecule has 22 heavy (non-hydrogen) atoms. The summed E-state index contributed by atoms with van der Waals surface area (Å²) >= 11 is 1.74. The summed E-state index contributed by atoms with van der Waals surface area (Å²) in [4.78, 5) is 25.2. The molecule has 1 aliphatic carbocycles. The fraction of sp³-hybridized carbons (Fsp3) is 0.647. The lowest BCUT2D eigenvalue weighted by atomic mass is 9.97. The average molecular weight is 317 g/mol. The van der Waals surface area contributed by atoms with E-state index in [0.29, 0.717) is 6.04 Å². The van der Waals surface area contributed by atoms with Crippen LogP contribution in [0.5, 0.6) is 0 Å². The first kappa shape index (κ1) is 14.4. The monoisotopic (exact) mass is 317 g/mol. The number of thiophene rings is 1. The van der Waals surface area contributed by atoms with Gasteiger partial charge in [-0.15, -0.1) is 11.3 Å². The van der Waals surface area contributed by atoms with Gasteiger partial charge in [-0.1, -0.05) is 6.42 Å². The SMILES string of the molecule is C[C@H]1CCCCN1Cc1nc2sc3c(c2c(=O)[nH]1)CCCC3. The summed E-state index contributed by atoms with van der Waals surface area (Å²) in [6.07, 6.45) is 8.43. The highest BCUT2D eigenvalue weighted by atomic mass is 32.1. The first-order valence-electron chi connectivity index (χ1n) is 8.50. The van der Waals surface area contributed by atoms with Gasteiger partial charge in [-0.3, -0.25) is 9.69 Å². The number of rotatable bonds is 2. The lowest BCUT2D eigenvalue weighted by Gasteiger charge is -2.32. The van der Waals surface area contributed by atoms with E-state index >= 15 is 0 Å². The summed E-state index contributed by atoms with van der Waals surface area (Å²) in [7, 11) is 0. The number of hydrogen-bond acceptors (Lipinski definition) is 4. The quantitative estimate of drug-likeness (QED) is 0.925. The van der Waals surface area contributed by atoms with E-state index in [9.17, 15) is 4.79 Å². The molecule has 2 aromatic heterocycles. The number of nitrogens with one attached hydrogen (secondary N) is 1. The highest BCUT2D eigenvalue weighted by molar-refractivity contribution is 7.18. The Labute approximate surface area is 134 Å². The van der Waals surface area contributed by atoms with Gasteiger partial charge in [0.05, 0.1) is 11.9 Å². The Morgan fingerprint density at radius 3 is 3.00 bits per heavy atom. The number of H-pyrrole nitrogens is 1. The van der Waals surface area contributed by atoms with Crippen molar-refractivity contribution in [1.29, 1.82) is 0 Å². The summed E-state index contributed by atoms with van der Waals surface area (Å²) in [5.41, 5.74) is 1.35. The van der Waals surface area contributed by atoms with Crippen LogP contribution in [0.3, 0.4) is 0 Å². The Bertz CT molecular complexity index is 748. The van der Waals surface area contributed by atoms with Gasteiger partial charge >= 0.3 is 0 Å². The van der Waals surface area contributed by atoms with Crippen molar-refractivity contribution in [3.05, 3.63) is 26.6 Å². The minimum Gasteiger partial charge on any atom is -0.309 e. The molecule has 1 atom stereocenters. The van der Waals surface area contributed by atoms with Crippen molar-refractivity contribution in [1.82, 2.24) is 14.9 Å². The maximum absolute atomic E-state index is 12.5. The van der Waals surface area contributed by atoms with Crippen LogP contribution in [-0.2, 0) is 19.4 Å². The number of fused-ring (bicyclic) bond motifs is 3. The summed E-state index contributed by atoms with van der Waals surface area (Å²) < 4.78 is 0. The number of aromatic nitrogens is 2. The maximum atomic E-state index is 12.5. The summed E-state index contributed by atoms with van der Waals surface area (Å²) in [5.74, 6) is 0.838. The van der Waals surface area contributed by atoms with E-state index < -0.39 is 0 Å². The molecule has 118 valence electrons. The van der Waals surface area contributed by atoms with Crippen molar-refractivity contribution in [3.63, 3.8) is 0 Å². The standard InChI is InChI=1S/C17H23N3OS/c1-11-6-4-5-9-20(11)10-14-18-16(21)15-12-7-2-3-8-13(12)22-17(15)19-14/h11H,2-10H2,1H3,(H,18,19,21)/t11-/m0/s1. The van der Waals surface area contributed by atoms with Crippen LogP contribution in [-0.4, -0.2) is 27.5 Å². The summed E-state index contributed by atoms with van der Waals surface area (Å²) in [5, 5.41) is 0.871. The second kappa shape index (κ2) is 5.78. The van der Waals surface area contributed by atoms with E-state index in [1.165, 1.54) is 42.5 Å². The fourth-order valence-corrected chi connectivity index (χ4v) is 5.15. The third-order valence-electron chi connectivity index (χ3n) is 5.17. The van der Waals surface area contributed by atoms with Crippen molar-refractivity contribution in [2.75, 3.05) is 6.54 Å². The van der Waals surface area contributed by atoms with Crippen LogP contribution in [0.2, 0.25) is 0 Å². The third kappa shape index (κ3) is 2.50. The topological polar surface area (TPSA) is 49.0 Å². The van der Waals surface area contributed by atoms with Crippen molar-refractivity contribution in [2.45, 2.75) is 64.5 Å². The van der Waals surface area contributed by atoms with Crippen LogP contribution in [0.15, 0.2) is 4.79 Å². The Morgan fingerprint density at radius 2 is 2.14 bits per heavy atom. The Kier molecular flexibility index (Phi) is 3.78. The molecule has 2 aliphatic rings. The molecule has 4 rings (SSSR count). The first-order valence-corrected chi connectivity index (χ1v) is 9.31. The zero-order valence-corrected chi connectivity index (χ0v) is 14.0. The predicted molar refractivity (Wildman–Crippen MR) is 90.6 cm³/mol. The molecule has 0 bridgehead atoms. The van der Waals surface area contributed by atoms with E-state index in [0.717, 1.165) is 42.0 Å². The second-order valence-corrected chi connectivity index (χ2v) is 7.80. The van der Waals surface area contributed by atoms with Crippen LogP contribution < -0.4 is 5.56 Å². The van der Waals surface area contributed by atoms with E-state index in [1.807, 2.05) is 0 Å². The molecule has 3 heterocycles. The largest absolute Gasteiger partial charge is 0.309 e. The van der Waals surface area contributed by atoms with Crippen LogP contribution >= 0.6 is 11.3 Å². The molecule has 1 saturated heterocycles. The summed E-state index contributed by atoms with van der Waals surface area (Å²) in [6.45, 7) is 4.17. The van der Waals surface area contributed by atoms with Crippen molar-refractivity contribution in [3.8, 4) is 0 Å². The molecule has 0 saturated carbocycles. The zero-order valence-electron chi connectivity index (χ0n) is 13.2. The average Bonchev–Trinajstić information content (AvgIpc) is 2.88. The van der Waals surface area contributed by atoms with Crippen LogP contribution in [0.25, 0.3) is 10.2 Å². The normalized spacial score (nSPS) is 22.9. The molecular formula is C17H23N3OS. The molecule has 1 N–H and O–H groups in total. The molecule has 2 aromatic rings. The Hall–Kier alpha value is -1.20. The lowest BCUT2D eigenvalue weighted by Crippen LogP contribution is -2.37. The second-order valence-electron chi connectivity index (χ2n) is 6.72. The van der Waals surface area contributed by atoms with Crippen LogP contribution in [0.1, 0.15) is 55.3 Å². The number of aryl methyl sites for hydroxylation is 2. The number of aromatic amines is 1. The van der Waals surface area contributed by atoms with Crippen LogP contribution in [0.4, 0.5) is 0 Å². The zero-order chi connectivity index (χ0) is 15.1. The van der Waals surface area contributed by atoms with Crippen molar-refractivity contribution >= 4 is 21.6 Å². The molecular weight excluding hydrogens is 294 g/mol. The highest BCUT2D eigenvalue weighted by Crippen LogP contribution is 2.33. The van der Waals surface area contributed by atoms with Crippen LogP contribution in [0, 0.1) is 0 Å². The Balaban J connectivity index is 1.69. The highest BCUT2D eigenvalue weighted by Gasteiger charge is 2.22. The molecule has 1 aliphatic heterocycles. The van der Waals surface area contributed by atoms with Crippen molar-refractivity contribution < 1.29 is 0 Å². The van der Waals surface area contributed by atoms with Gasteiger partial charge in [0, 0.05) is 10.9 Å². The fourth-order valence-electron chi connectivity index (χ4n) is 3.87.